The summed E-state index contributed by atoms with van der Waals surface area (Å²) >= 11 is 0. The highest BCUT2D eigenvalue weighted by atomic mass is 16.6. The number of hydrogen-bond acceptors (Lipinski definition) is 8. The summed E-state index contributed by atoms with van der Waals surface area (Å²) in [7, 11) is 1.61. The lowest BCUT2D eigenvalue weighted by atomic mass is 9.98. The Bertz CT molecular complexity index is 1070. The van der Waals surface area contributed by atoms with Crippen LogP contribution in [0.1, 0.15) is 36.7 Å². The number of aromatic nitrogens is 2. The minimum absolute atomic E-state index is 0.00284. The summed E-state index contributed by atoms with van der Waals surface area (Å²) in [5.74, 6) is 1.09. The van der Waals surface area contributed by atoms with Crippen LogP contribution in [0.15, 0.2) is 59.1 Å². The van der Waals surface area contributed by atoms with Gasteiger partial charge in [0.25, 0.3) is 0 Å². The molecular formula is C25H29N3O6. The van der Waals surface area contributed by atoms with Crippen LogP contribution >= 0.6 is 0 Å². The van der Waals surface area contributed by atoms with Crippen LogP contribution in [0, 0.1) is 5.92 Å². The molecule has 1 N–H and O–H groups in total. The molecule has 0 aliphatic rings. The third kappa shape index (κ3) is 7.61. The second kappa shape index (κ2) is 12.4. The number of ether oxygens (including phenoxy) is 3. The zero-order valence-electron chi connectivity index (χ0n) is 19.5. The van der Waals surface area contributed by atoms with Crippen molar-refractivity contribution in [1.29, 1.82) is 0 Å². The van der Waals surface area contributed by atoms with Crippen molar-refractivity contribution in [3.63, 3.8) is 0 Å². The van der Waals surface area contributed by atoms with Gasteiger partial charge in [-0.25, -0.2) is 4.79 Å². The third-order valence-electron chi connectivity index (χ3n) is 5.22. The summed E-state index contributed by atoms with van der Waals surface area (Å²) in [5, 5.41) is 6.85. The van der Waals surface area contributed by atoms with Crippen molar-refractivity contribution in [3.8, 4) is 5.75 Å². The Kier molecular flexibility index (Phi) is 9.02. The smallest absolute Gasteiger partial charge is 0.407 e. The lowest BCUT2D eigenvalue weighted by molar-refractivity contribution is -0.142. The monoisotopic (exact) mass is 467 g/mol. The number of rotatable bonds is 11. The Morgan fingerprint density at radius 1 is 1.06 bits per heavy atom. The van der Waals surface area contributed by atoms with Crippen molar-refractivity contribution < 1.29 is 28.3 Å². The Morgan fingerprint density at radius 3 is 2.53 bits per heavy atom. The second-order valence-corrected chi connectivity index (χ2v) is 7.89. The van der Waals surface area contributed by atoms with Gasteiger partial charge in [-0.1, -0.05) is 60.6 Å². The van der Waals surface area contributed by atoms with Gasteiger partial charge in [-0.3, -0.25) is 4.79 Å². The predicted octanol–water partition coefficient (Wildman–Crippen LogP) is 3.71. The Labute approximate surface area is 198 Å². The molecule has 0 spiro atoms. The van der Waals surface area contributed by atoms with E-state index in [4.69, 9.17) is 18.7 Å². The molecule has 3 rings (SSSR count). The summed E-state index contributed by atoms with van der Waals surface area (Å²) < 4.78 is 21.2. The molecule has 0 saturated carbocycles. The first-order valence-electron chi connectivity index (χ1n) is 11.0. The van der Waals surface area contributed by atoms with Gasteiger partial charge < -0.3 is 24.1 Å². The van der Waals surface area contributed by atoms with E-state index < -0.39 is 18.1 Å². The molecule has 1 aromatic heterocycles. The van der Waals surface area contributed by atoms with Gasteiger partial charge in [-0.15, -0.1) is 0 Å². The normalized spacial score (nSPS) is 12.4. The van der Waals surface area contributed by atoms with Gasteiger partial charge in [0.05, 0.1) is 19.6 Å². The summed E-state index contributed by atoms with van der Waals surface area (Å²) in [6.07, 6.45) is 0.241. The fourth-order valence-corrected chi connectivity index (χ4v) is 3.36. The van der Waals surface area contributed by atoms with Gasteiger partial charge in [-0.05, 0) is 17.5 Å². The number of nitrogens with zero attached hydrogens (tertiary/aromatic N) is 2. The molecule has 180 valence electrons. The van der Waals surface area contributed by atoms with Gasteiger partial charge in [0, 0.05) is 18.9 Å². The lowest BCUT2D eigenvalue weighted by Crippen LogP contribution is -2.44. The number of nitrogens with one attached hydrogen (secondary N) is 1. The molecule has 0 aliphatic heterocycles. The molecule has 0 fully saturated rings. The Balaban J connectivity index is 1.59. The first-order chi connectivity index (χ1) is 16.4. The van der Waals surface area contributed by atoms with Gasteiger partial charge in [0.1, 0.15) is 19.0 Å². The van der Waals surface area contributed by atoms with E-state index in [0.29, 0.717) is 24.6 Å². The molecule has 3 aromatic rings. The topological polar surface area (TPSA) is 113 Å². The summed E-state index contributed by atoms with van der Waals surface area (Å²) in [6.45, 7) is 3.36. The van der Waals surface area contributed by atoms with Crippen molar-refractivity contribution in [2.24, 2.45) is 5.92 Å². The predicted molar refractivity (Wildman–Crippen MR) is 123 cm³/mol. The maximum atomic E-state index is 12.4. The van der Waals surface area contributed by atoms with Crippen molar-refractivity contribution in [3.05, 3.63) is 77.4 Å². The van der Waals surface area contributed by atoms with E-state index in [9.17, 15) is 9.59 Å². The standard InChI is InChI=1S/C25H29N3O6/c1-17(13-23-27-24(34-28-23)14-20-11-7-8-12-22(20)31-3)21(16-32-18(2)29)26-25(30)33-15-19-9-5-4-6-10-19/h4-12,17,21H,13-16H2,1-3H3,(H,26,30). The first-order valence-corrected chi connectivity index (χ1v) is 11.0. The van der Waals surface area contributed by atoms with Crippen LogP contribution in [-0.4, -0.2) is 42.0 Å². The van der Waals surface area contributed by atoms with Gasteiger partial charge >= 0.3 is 12.1 Å². The van der Waals surface area contributed by atoms with E-state index in [1.807, 2.05) is 61.5 Å². The zero-order valence-corrected chi connectivity index (χ0v) is 19.5. The van der Waals surface area contributed by atoms with E-state index in [0.717, 1.165) is 16.9 Å². The van der Waals surface area contributed by atoms with Crippen molar-refractivity contribution in [2.45, 2.75) is 39.3 Å². The maximum absolute atomic E-state index is 12.4. The summed E-state index contributed by atoms with van der Waals surface area (Å²) in [4.78, 5) is 28.2. The number of carbonyl (C=O) groups is 2. The van der Waals surface area contributed by atoms with E-state index in [2.05, 4.69) is 15.5 Å². The number of methoxy groups -OCH3 is 1. The van der Waals surface area contributed by atoms with Crippen molar-refractivity contribution in [2.75, 3.05) is 13.7 Å². The quantitative estimate of drug-likeness (QED) is 0.425. The number of alkyl carbamates (subject to hydrolysis) is 1. The molecule has 9 nitrogen and oxygen atoms in total. The second-order valence-electron chi connectivity index (χ2n) is 7.89. The van der Waals surface area contributed by atoms with E-state index >= 15 is 0 Å². The van der Waals surface area contributed by atoms with Crippen LogP contribution in [0.3, 0.4) is 0 Å². The average Bonchev–Trinajstić information content (AvgIpc) is 3.27. The SMILES string of the molecule is COc1ccccc1Cc1nc(CC(C)C(COC(C)=O)NC(=O)OCc2ccccc2)no1. The lowest BCUT2D eigenvalue weighted by Gasteiger charge is -2.23. The zero-order chi connectivity index (χ0) is 24.3. The van der Waals surface area contributed by atoms with Crippen LogP contribution in [0.5, 0.6) is 5.75 Å². The minimum Gasteiger partial charge on any atom is -0.496 e. The molecule has 0 radical (unpaired) electrons. The van der Waals surface area contributed by atoms with Gasteiger partial charge in [0.15, 0.2) is 5.82 Å². The molecule has 1 heterocycles. The fourth-order valence-electron chi connectivity index (χ4n) is 3.36. The number of carbonyl (C=O) groups excluding carboxylic acids is 2. The molecule has 0 saturated heterocycles. The number of esters is 1. The average molecular weight is 468 g/mol. The van der Waals surface area contributed by atoms with Crippen molar-refractivity contribution >= 4 is 12.1 Å². The van der Waals surface area contributed by atoms with E-state index in [1.165, 1.54) is 6.92 Å². The van der Waals surface area contributed by atoms with Crippen LogP contribution in [0.25, 0.3) is 0 Å². The molecular weight excluding hydrogens is 438 g/mol. The molecule has 9 heteroatoms. The van der Waals surface area contributed by atoms with Gasteiger partial charge in [-0.2, -0.15) is 4.98 Å². The van der Waals surface area contributed by atoms with Crippen LogP contribution in [0.2, 0.25) is 0 Å². The molecule has 2 aromatic carbocycles. The molecule has 0 aliphatic carbocycles. The largest absolute Gasteiger partial charge is 0.496 e. The first kappa shape index (κ1) is 24.8. The van der Waals surface area contributed by atoms with E-state index in [-0.39, 0.29) is 19.1 Å². The molecule has 2 atom stereocenters. The summed E-state index contributed by atoms with van der Waals surface area (Å²) in [6, 6.07) is 16.5. The molecule has 1 amide bonds. The van der Waals surface area contributed by atoms with Crippen LogP contribution in [-0.2, 0) is 33.7 Å². The van der Waals surface area contributed by atoms with Gasteiger partial charge in [0.2, 0.25) is 5.89 Å². The Morgan fingerprint density at radius 2 is 1.79 bits per heavy atom. The highest BCUT2D eigenvalue weighted by molar-refractivity contribution is 5.68. The number of amides is 1. The highest BCUT2D eigenvalue weighted by Gasteiger charge is 2.24. The highest BCUT2D eigenvalue weighted by Crippen LogP contribution is 2.21. The van der Waals surface area contributed by atoms with Crippen LogP contribution in [0.4, 0.5) is 4.79 Å². The van der Waals surface area contributed by atoms with Crippen LogP contribution < -0.4 is 10.1 Å². The van der Waals surface area contributed by atoms with E-state index in [1.54, 1.807) is 7.11 Å². The molecule has 2 unspecified atom stereocenters. The number of benzene rings is 2. The minimum atomic E-state index is -0.599. The number of para-hydroxylation sites is 1. The maximum Gasteiger partial charge on any atom is 0.407 e. The Hall–Kier alpha value is -3.88. The summed E-state index contributed by atoms with van der Waals surface area (Å²) in [5.41, 5.74) is 1.81. The third-order valence-corrected chi connectivity index (χ3v) is 5.22. The number of hydrogen-bond donors (Lipinski definition) is 1. The molecule has 0 bridgehead atoms. The fraction of sp³-hybridized carbons (Fsp3) is 0.360. The molecule has 34 heavy (non-hydrogen) atoms. The van der Waals surface area contributed by atoms with Crippen molar-refractivity contribution in [1.82, 2.24) is 15.5 Å².